The molecule has 0 atom stereocenters. The van der Waals surface area contributed by atoms with Crippen LogP contribution in [0.2, 0.25) is 5.02 Å². The van der Waals surface area contributed by atoms with Crippen molar-refractivity contribution in [3.8, 4) is 0 Å². The van der Waals surface area contributed by atoms with Crippen LogP contribution in [0.3, 0.4) is 0 Å². The molecule has 3 aromatic rings. The van der Waals surface area contributed by atoms with E-state index in [2.05, 4.69) is 15.4 Å². The maximum Gasteiger partial charge on any atom is 0.295 e. The third kappa shape index (κ3) is 2.72. The molecule has 0 fully saturated rings. The molecule has 0 unspecified atom stereocenters. The molecule has 0 saturated heterocycles. The van der Waals surface area contributed by atoms with Gasteiger partial charge in [-0.15, -0.1) is 0 Å². The lowest BCUT2D eigenvalue weighted by molar-refractivity contribution is 0.103. The van der Waals surface area contributed by atoms with Crippen molar-refractivity contribution in [2.75, 3.05) is 5.32 Å². The number of rotatable bonds is 2. The largest absolute Gasteiger partial charge is 0.321 e. The first-order valence-electron chi connectivity index (χ1n) is 6.38. The van der Waals surface area contributed by atoms with Crippen molar-refractivity contribution in [2.24, 2.45) is 0 Å². The zero-order valence-corrected chi connectivity index (χ0v) is 13.3. The molecule has 0 saturated carbocycles. The molecule has 0 aliphatic heterocycles. The van der Waals surface area contributed by atoms with E-state index < -0.39 is 0 Å². The number of thiazole rings is 1. The van der Waals surface area contributed by atoms with E-state index in [1.807, 2.05) is 13.0 Å². The van der Waals surface area contributed by atoms with E-state index in [1.54, 1.807) is 25.3 Å². The van der Waals surface area contributed by atoms with Gasteiger partial charge in [-0.25, -0.2) is 4.52 Å². The maximum atomic E-state index is 12.3. The molecule has 22 heavy (non-hydrogen) atoms. The number of nitrogens with zero attached hydrogens (tertiary/aromatic N) is 3. The lowest BCUT2D eigenvalue weighted by atomic mass is 10.2. The molecule has 0 aliphatic carbocycles. The molecule has 1 amide bonds. The van der Waals surface area contributed by atoms with Crippen LogP contribution in [0.5, 0.6) is 0 Å². The van der Waals surface area contributed by atoms with Crippen LogP contribution in [0.15, 0.2) is 29.2 Å². The molecule has 2 aromatic heterocycles. The number of halogens is 1. The maximum absolute atomic E-state index is 12.3. The van der Waals surface area contributed by atoms with Crippen molar-refractivity contribution in [1.82, 2.24) is 14.6 Å². The van der Waals surface area contributed by atoms with E-state index in [9.17, 15) is 9.59 Å². The molecule has 0 bridgehead atoms. The van der Waals surface area contributed by atoms with E-state index in [-0.39, 0.29) is 17.2 Å². The summed E-state index contributed by atoms with van der Waals surface area (Å²) in [7, 11) is 0. The van der Waals surface area contributed by atoms with Gasteiger partial charge in [0.05, 0.1) is 6.20 Å². The number of aryl methyl sites for hydroxylation is 2. The Balaban J connectivity index is 1.91. The average Bonchev–Trinajstić information content (AvgIpc) is 2.86. The monoisotopic (exact) mass is 334 g/mol. The van der Waals surface area contributed by atoms with Gasteiger partial charge in [0.1, 0.15) is 10.6 Å². The highest BCUT2D eigenvalue weighted by Crippen LogP contribution is 2.21. The van der Waals surface area contributed by atoms with Crippen molar-refractivity contribution in [2.45, 2.75) is 13.8 Å². The lowest BCUT2D eigenvalue weighted by Gasteiger charge is -2.05. The molecule has 6 nitrogen and oxygen atoms in total. The number of amides is 1. The first-order chi connectivity index (χ1) is 10.4. The third-order valence-electron chi connectivity index (χ3n) is 3.05. The average molecular weight is 335 g/mol. The van der Waals surface area contributed by atoms with Gasteiger partial charge >= 0.3 is 0 Å². The Hall–Kier alpha value is -2.25. The summed E-state index contributed by atoms with van der Waals surface area (Å²) >= 11 is 7.13. The van der Waals surface area contributed by atoms with Crippen LogP contribution in [-0.2, 0) is 0 Å². The van der Waals surface area contributed by atoms with Gasteiger partial charge in [0, 0.05) is 10.7 Å². The topological polar surface area (TPSA) is 76.4 Å². The second-order valence-corrected chi connectivity index (χ2v) is 6.16. The van der Waals surface area contributed by atoms with Gasteiger partial charge in [-0.05, 0) is 31.5 Å². The number of fused-ring (bicyclic) bond motifs is 1. The van der Waals surface area contributed by atoms with Crippen LogP contribution >= 0.6 is 22.9 Å². The number of carbonyl (C=O) groups excluding carboxylic acids is 1. The number of aromatic nitrogens is 3. The number of carbonyl (C=O) groups is 1. The zero-order chi connectivity index (χ0) is 15.9. The Morgan fingerprint density at radius 3 is 2.86 bits per heavy atom. The molecule has 2 heterocycles. The van der Waals surface area contributed by atoms with Crippen molar-refractivity contribution < 1.29 is 4.79 Å². The Bertz CT molecular complexity index is 948. The standard InChI is InChI=1S/C14H11ClN4O2S/c1-7-3-4-9(5-10(7)15)16-13(21)11-6-19-14(22-11)17-12(20)8(2)18-19/h3-6H,1-2H3,(H,16,21). The van der Waals surface area contributed by atoms with Crippen LogP contribution < -0.4 is 10.9 Å². The van der Waals surface area contributed by atoms with Crippen LogP contribution in [-0.4, -0.2) is 20.5 Å². The minimum atomic E-state index is -0.390. The van der Waals surface area contributed by atoms with Crippen molar-refractivity contribution in [3.63, 3.8) is 0 Å². The van der Waals surface area contributed by atoms with Gasteiger partial charge in [0.15, 0.2) is 0 Å². The number of anilines is 1. The molecular weight excluding hydrogens is 324 g/mol. The van der Waals surface area contributed by atoms with Crippen molar-refractivity contribution in [1.29, 1.82) is 0 Å². The summed E-state index contributed by atoms with van der Waals surface area (Å²) in [4.78, 5) is 28.4. The SMILES string of the molecule is Cc1ccc(NC(=O)c2cn3nc(C)c(=O)nc3s2)cc1Cl. The molecule has 3 rings (SSSR count). The fourth-order valence-electron chi connectivity index (χ4n) is 1.82. The van der Waals surface area contributed by atoms with Gasteiger partial charge in [0.25, 0.3) is 11.5 Å². The zero-order valence-electron chi connectivity index (χ0n) is 11.8. The smallest absolute Gasteiger partial charge is 0.295 e. The molecule has 0 aliphatic rings. The second-order valence-electron chi connectivity index (χ2n) is 4.74. The minimum Gasteiger partial charge on any atom is -0.321 e. The van der Waals surface area contributed by atoms with Gasteiger partial charge in [-0.1, -0.05) is 29.0 Å². The normalized spacial score (nSPS) is 10.9. The van der Waals surface area contributed by atoms with E-state index in [1.165, 1.54) is 4.52 Å². The van der Waals surface area contributed by atoms with Gasteiger partial charge in [-0.3, -0.25) is 9.59 Å². The van der Waals surface area contributed by atoms with Crippen LogP contribution in [0.4, 0.5) is 5.69 Å². The second kappa shape index (κ2) is 5.51. The molecule has 1 N–H and O–H groups in total. The Morgan fingerprint density at radius 1 is 1.36 bits per heavy atom. The summed E-state index contributed by atoms with van der Waals surface area (Å²) in [5.41, 5.74) is 1.43. The van der Waals surface area contributed by atoms with Gasteiger partial charge < -0.3 is 5.32 Å². The minimum absolute atomic E-state index is 0.285. The van der Waals surface area contributed by atoms with Gasteiger partial charge in [0.2, 0.25) is 4.96 Å². The number of nitrogens with one attached hydrogen (secondary N) is 1. The Labute approximate surface area is 134 Å². The highest BCUT2D eigenvalue weighted by Gasteiger charge is 2.13. The summed E-state index contributed by atoms with van der Waals surface area (Å²) in [6.07, 6.45) is 1.55. The number of hydrogen-bond acceptors (Lipinski definition) is 5. The lowest BCUT2D eigenvalue weighted by Crippen LogP contribution is -2.14. The van der Waals surface area contributed by atoms with Gasteiger partial charge in [-0.2, -0.15) is 10.1 Å². The van der Waals surface area contributed by atoms with Crippen molar-refractivity contribution >= 4 is 39.5 Å². The van der Waals surface area contributed by atoms with E-state index in [4.69, 9.17) is 11.6 Å². The van der Waals surface area contributed by atoms with Crippen molar-refractivity contribution in [3.05, 3.63) is 55.9 Å². The Morgan fingerprint density at radius 2 is 2.14 bits per heavy atom. The van der Waals surface area contributed by atoms with E-state index in [0.717, 1.165) is 16.9 Å². The summed E-state index contributed by atoms with van der Waals surface area (Å²) in [6, 6.07) is 5.29. The molecule has 112 valence electrons. The van der Waals surface area contributed by atoms with Crippen LogP contribution in [0.1, 0.15) is 20.9 Å². The fraction of sp³-hybridized carbons (Fsp3) is 0.143. The molecule has 1 aromatic carbocycles. The number of benzene rings is 1. The summed E-state index contributed by atoms with van der Waals surface area (Å²) in [5, 5.41) is 7.40. The van der Waals surface area contributed by atoms with E-state index in [0.29, 0.717) is 20.5 Å². The molecule has 0 radical (unpaired) electrons. The molecular formula is C14H11ClN4O2S. The number of hydrogen-bond donors (Lipinski definition) is 1. The quantitative estimate of drug-likeness (QED) is 0.781. The predicted octanol–water partition coefficient (Wildman–Crippen LogP) is 2.67. The fourth-order valence-corrected chi connectivity index (χ4v) is 2.81. The first kappa shape index (κ1) is 14.7. The first-order valence-corrected chi connectivity index (χ1v) is 7.58. The Kier molecular flexibility index (Phi) is 3.67. The highest BCUT2D eigenvalue weighted by atomic mass is 35.5. The molecule has 8 heteroatoms. The van der Waals surface area contributed by atoms with Crippen LogP contribution in [0.25, 0.3) is 4.96 Å². The summed E-state index contributed by atoms with van der Waals surface area (Å²) in [5.74, 6) is -0.303. The third-order valence-corrected chi connectivity index (χ3v) is 4.43. The molecule has 0 spiro atoms. The summed E-state index contributed by atoms with van der Waals surface area (Å²) in [6.45, 7) is 3.46. The summed E-state index contributed by atoms with van der Waals surface area (Å²) < 4.78 is 1.43. The van der Waals surface area contributed by atoms with Crippen LogP contribution in [0, 0.1) is 13.8 Å². The predicted molar refractivity (Wildman–Crippen MR) is 86.0 cm³/mol. The van der Waals surface area contributed by atoms with E-state index >= 15 is 0 Å². The highest BCUT2D eigenvalue weighted by molar-refractivity contribution is 7.18.